The van der Waals surface area contributed by atoms with Gasteiger partial charge in [-0.2, -0.15) is 5.26 Å². The molecule has 1 N–H and O–H groups in total. The van der Waals surface area contributed by atoms with Gasteiger partial charge in [0, 0.05) is 0 Å². The summed E-state index contributed by atoms with van der Waals surface area (Å²) in [7, 11) is 0. The molecule has 0 aliphatic carbocycles. The van der Waals surface area contributed by atoms with E-state index in [2.05, 4.69) is 11.4 Å². The average Bonchev–Trinajstić information content (AvgIpc) is 2.71. The maximum Gasteiger partial charge on any atom is 0.338 e. The Balaban J connectivity index is 1.97. The van der Waals surface area contributed by atoms with Gasteiger partial charge in [0.2, 0.25) is 0 Å². The third-order valence-corrected chi connectivity index (χ3v) is 4.88. The van der Waals surface area contributed by atoms with Gasteiger partial charge in [0.05, 0.1) is 11.6 Å². The number of hydrogen-bond acceptors (Lipinski definition) is 4. The lowest BCUT2D eigenvalue weighted by Gasteiger charge is -2.27. The number of nitrogens with one attached hydrogen (secondary N) is 1. The standard InChI is InChI=1S/C23H26N2O3/c1-17(2)23(3,16-24)25-21(26)15-28-22(27)20-12-8-7-11-19(20)14-13-18-9-5-4-6-10-18/h4-12,17H,13-15H2,1-3H3,(H,25,26)/t23-/m1/s1. The van der Waals surface area contributed by atoms with E-state index in [4.69, 9.17) is 4.74 Å². The van der Waals surface area contributed by atoms with Crippen LogP contribution in [0, 0.1) is 17.2 Å². The predicted molar refractivity (Wildman–Crippen MR) is 108 cm³/mol. The molecule has 0 fully saturated rings. The molecule has 0 aromatic heterocycles. The number of carbonyl (C=O) groups excluding carboxylic acids is 2. The van der Waals surface area contributed by atoms with E-state index in [-0.39, 0.29) is 5.92 Å². The number of aryl methyl sites for hydroxylation is 2. The average molecular weight is 378 g/mol. The van der Waals surface area contributed by atoms with Gasteiger partial charge >= 0.3 is 5.97 Å². The van der Waals surface area contributed by atoms with Crippen molar-refractivity contribution in [3.63, 3.8) is 0 Å². The van der Waals surface area contributed by atoms with Crippen molar-refractivity contribution in [1.29, 1.82) is 5.26 Å². The number of esters is 1. The highest BCUT2D eigenvalue weighted by atomic mass is 16.5. The molecule has 2 aromatic rings. The molecule has 2 rings (SSSR count). The van der Waals surface area contributed by atoms with Gasteiger partial charge in [-0.1, -0.05) is 62.4 Å². The van der Waals surface area contributed by atoms with E-state index < -0.39 is 24.0 Å². The van der Waals surface area contributed by atoms with E-state index in [1.54, 1.807) is 19.1 Å². The van der Waals surface area contributed by atoms with Crippen molar-refractivity contribution >= 4 is 11.9 Å². The highest BCUT2D eigenvalue weighted by Crippen LogP contribution is 2.16. The fraction of sp³-hybridized carbons (Fsp3) is 0.348. The zero-order chi connectivity index (χ0) is 20.6. The number of nitriles is 1. The molecule has 5 heteroatoms. The lowest BCUT2D eigenvalue weighted by molar-refractivity contribution is -0.125. The van der Waals surface area contributed by atoms with Crippen molar-refractivity contribution in [2.45, 2.75) is 39.2 Å². The Kier molecular flexibility index (Phi) is 7.34. The fourth-order valence-corrected chi connectivity index (χ4v) is 2.70. The van der Waals surface area contributed by atoms with E-state index in [9.17, 15) is 14.9 Å². The van der Waals surface area contributed by atoms with Gasteiger partial charge < -0.3 is 10.1 Å². The minimum absolute atomic E-state index is 0.0733. The van der Waals surface area contributed by atoms with Crippen LogP contribution < -0.4 is 5.32 Å². The Hall–Kier alpha value is -3.13. The van der Waals surface area contributed by atoms with Crippen molar-refractivity contribution in [2.75, 3.05) is 6.61 Å². The second-order valence-electron chi connectivity index (χ2n) is 7.24. The molecule has 28 heavy (non-hydrogen) atoms. The number of benzene rings is 2. The molecule has 0 radical (unpaired) electrons. The summed E-state index contributed by atoms with van der Waals surface area (Å²) in [5.41, 5.74) is 1.52. The SMILES string of the molecule is CC(C)[C@@](C)(C#N)NC(=O)COC(=O)c1ccccc1CCc1ccccc1. The van der Waals surface area contributed by atoms with E-state index in [1.807, 2.05) is 56.3 Å². The molecule has 0 aliphatic rings. The molecule has 0 heterocycles. The van der Waals surface area contributed by atoms with Crippen LogP contribution in [-0.2, 0) is 22.4 Å². The van der Waals surface area contributed by atoms with E-state index in [0.717, 1.165) is 12.0 Å². The van der Waals surface area contributed by atoms with E-state index in [0.29, 0.717) is 12.0 Å². The van der Waals surface area contributed by atoms with Crippen molar-refractivity contribution in [1.82, 2.24) is 5.32 Å². The highest BCUT2D eigenvalue weighted by Gasteiger charge is 2.30. The largest absolute Gasteiger partial charge is 0.452 e. The summed E-state index contributed by atoms with van der Waals surface area (Å²) in [6.45, 7) is 4.92. The summed E-state index contributed by atoms with van der Waals surface area (Å²) in [5.74, 6) is -1.11. The molecule has 2 aromatic carbocycles. The minimum Gasteiger partial charge on any atom is -0.452 e. The molecule has 0 unspecified atom stereocenters. The normalized spacial score (nSPS) is 12.7. The first kappa shape index (κ1) is 21.2. The number of carbonyl (C=O) groups is 2. The van der Waals surface area contributed by atoms with Crippen LogP contribution in [0.1, 0.15) is 42.3 Å². The smallest absolute Gasteiger partial charge is 0.338 e. The maximum absolute atomic E-state index is 12.5. The monoisotopic (exact) mass is 378 g/mol. The zero-order valence-electron chi connectivity index (χ0n) is 16.6. The number of nitrogens with zero attached hydrogens (tertiary/aromatic N) is 1. The predicted octanol–water partition coefficient (Wildman–Crippen LogP) is 3.68. The molecule has 1 atom stereocenters. The molecular weight excluding hydrogens is 352 g/mol. The van der Waals surface area contributed by atoms with Crippen LogP contribution in [-0.4, -0.2) is 24.0 Å². The lowest BCUT2D eigenvalue weighted by atomic mass is 9.90. The van der Waals surface area contributed by atoms with Crippen molar-refractivity contribution in [2.24, 2.45) is 5.92 Å². The van der Waals surface area contributed by atoms with Crippen LogP contribution in [0.25, 0.3) is 0 Å². The first-order valence-electron chi connectivity index (χ1n) is 9.37. The molecule has 0 aliphatic heterocycles. The first-order valence-corrected chi connectivity index (χ1v) is 9.37. The molecule has 5 nitrogen and oxygen atoms in total. The quantitative estimate of drug-likeness (QED) is 0.711. The van der Waals surface area contributed by atoms with Gasteiger partial charge in [-0.25, -0.2) is 4.79 Å². The third-order valence-electron chi connectivity index (χ3n) is 4.88. The van der Waals surface area contributed by atoms with Gasteiger partial charge in [-0.3, -0.25) is 4.79 Å². The summed E-state index contributed by atoms with van der Waals surface area (Å²) in [6, 6.07) is 19.4. The second-order valence-corrected chi connectivity index (χ2v) is 7.24. The Morgan fingerprint density at radius 3 is 2.36 bits per heavy atom. The number of rotatable bonds is 8. The van der Waals surface area contributed by atoms with Crippen LogP contribution in [0.4, 0.5) is 0 Å². The fourth-order valence-electron chi connectivity index (χ4n) is 2.70. The van der Waals surface area contributed by atoms with Gasteiger partial charge in [0.25, 0.3) is 5.91 Å². The summed E-state index contributed by atoms with van der Waals surface area (Å²) in [4.78, 5) is 24.6. The Morgan fingerprint density at radius 2 is 1.71 bits per heavy atom. The van der Waals surface area contributed by atoms with Crippen molar-refractivity contribution in [3.05, 3.63) is 71.3 Å². The molecule has 0 spiro atoms. The van der Waals surface area contributed by atoms with Crippen molar-refractivity contribution in [3.8, 4) is 6.07 Å². The zero-order valence-corrected chi connectivity index (χ0v) is 16.6. The number of amides is 1. The van der Waals surface area contributed by atoms with Crippen LogP contribution in [0.2, 0.25) is 0 Å². The first-order chi connectivity index (χ1) is 13.4. The van der Waals surface area contributed by atoms with E-state index in [1.165, 1.54) is 5.56 Å². The number of hydrogen-bond donors (Lipinski definition) is 1. The highest BCUT2D eigenvalue weighted by molar-refractivity contribution is 5.92. The Labute approximate surface area is 166 Å². The maximum atomic E-state index is 12.5. The van der Waals surface area contributed by atoms with E-state index >= 15 is 0 Å². The Bertz CT molecular complexity index is 856. The second kappa shape index (κ2) is 9.70. The molecule has 0 saturated heterocycles. The van der Waals surface area contributed by atoms with Gasteiger partial charge in [-0.15, -0.1) is 0 Å². The lowest BCUT2D eigenvalue weighted by Crippen LogP contribution is -2.50. The van der Waals surface area contributed by atoms with Crippen LogP contribution in [0.15, 0.2) is 54.6 Å². The van der Waals surface area contributed by atoms with Gasteiger partial charge in [-0.05, 0) is 42.9 Å². The number of ether oxygens (including phenoxy) is 1. The van der Waals surface area contributed by atoms with Gasteiger partial charge in [0.15, 0.2) is 6.61 Å². The Morgan fingerprint density at radius 1 is 1.07 bits per heavy atom. The van der Waals surface area contributed by atoms with Crippen LogP contribution in [0.5, 0.6) is 0 Å². The molecular formula is C23H26N2O3. The minimum atomic E-state index is -1.00. The summed E-state index contributed by atoms with van der Waals surface area (Å²) < 4.78 is 5.19. The third kappa shape index (κ3) is 5.68. The summed E-state index contributed by atoms with van der Waals surface area (Å²) >= 11 is 0. The summed E-state index contributed by atoms with van der Waals surface area (Å²) in [5, 5.41) is 11.9. The van der Waals surface area contributed by atoms with Crippen LogP contribution in [0.3, 0.4) is 0 Å². The molecule has 1 amide bonds. The molecule has 0 saturated carbocycles. The topological polar surface area (TPSA) is 79.2 Å². The van der Waals surface area contributed by atoms with Crippen LogP contribution >= 0.6 is 0 Å². The summed E-state index contributed by atoms with van der Waals surface area (Å²) in [6.07, 6.45) is 1.50. The molecule has 0 bridgehead atoms. The van der Waals surface area contributed by atoms with Gasteiger partial charge in [0.1, 0.15) is 5.54 Å². The molecule has 146 valence electrons. The van der Waals surface area contributed by atoms with Crippen molar-refractivity contribution < 1.29 is 14.3 Å².